The second-order valence-electron chi connectivity index (χ2n) is 9.44. The van der Waals surface area contributed by atoms with Crippen LogP contribution in [0.4, 0.5) is 5.69 Å². The molecule has 0 atom stereocenters. The van der Waals surface area contributed by atoms with Gasteiger partial charge in [0.25, 0.3) is 10.0 Å². The Morgan fingerprint density at radius 1 is 1.11 bits per heavy atom. The summed E-state index contributed by atoms with van der Waals surface area (Å²) in [4.78, 5) is 10.7. The van der Waals surface area contributed by atoms with Crippen LogP contribution in [0.3, 0.4) is 0 Å². The third-order valence-corrected chi connectivity index (χ3v) is 7.68. The Labute approximate surface area is 240 Å². The molecule has 0 unspecified atom stereocenters. The van der Waals surface area contributed by atoms with Crippen LogP contribution in [-0.2, 0) is 34.3 Å². The molecule has 0 aliphatic heterocycles. The monoisotopic (exact) mass is 533 g/mol. The first-order valence-corrected chi connectivity index (χ1v) is 13.4. The number of anilines is 1. The van der Waals surface area contributed by atoms with Crippen molar-refractivity contribution in [3.8, 4) is 5.75 Å². The summed E-state index contributed by atoms with van der Waals surface area (Å²) >= 11 is 0. The van der Waals surface area contributed by atoms with Crippen LogP contribution in [0.15, 0.2) is 64.1 Å². The number of fused-ring (bicyclic) bond motifs is 1. The molecule has 2 aromatic carbocycles. The number of sulfonamides is 1. The van der Waals surface area contributed by atoms with Crippen molar-refractivity contribution in [1.82, 2.24) is 0 Å². The van der Waals surface area contributed by atoms with Crippen molar-refractivity contribution in [3.63, 3.8) is 0 Å². The fourth-order valence-corrected chi connectivity index (χ4v) is 5.86. The summed E-state index contributed by atoms with van der Waals surface area (Å²) in [6.45, 7) is 6.19. The topological polar surface area (TPSA) is 97.0 Å². The zero-order chi connectivity index (χ0) is 25.9. The van der Waals surface area contributed by atoms with Gasteiger partial charge in [0.05, 0.1) is 5.69 Å². The number of furan rings is 1. The number of carboxylic acid groups (broad SMARTS) is 1. The number of benzene rings is 2. The molecule has 37 heavy (non-hydrogen) atoms. The molecule has 0 saturated carbocycles. The van der Waals surface area contributed by atoms with Crippen molar-refractivity contribution in [1.29, 1.82) is 0 Å². The first kappa shape index (κ1) is 29.0. The van der Waals surface area contributed by atoms with Gasteiger partial charge in [0.2, 0.25) is 5.09 Å². The van der Waals surface area contributed by atoms with E-state index in [1.165, 1.54) is 22.0 Å². The minimum absolute atomic E-state index is 0. The van der Waals surface area contributed by atoms with E-state index < -0.39 is 16.0 Å². The first-order valence-electron chi connectivity index (χ1n) is 12.0. The third kappa shape index (κ3) is 7.08. The molecule has 1 aromatic heterocycles. The normalized spacial score (nSPS) is 13.0. The maximum absolute atomic E-state index is 13.7. The average molecular weight is 534 g/mol. The molecule has 9 heteroatoms. The van der Waals surface area contributed by atoms with Gasteiger partial charge in [0.15, 0.2) is 0 Å². The zero-order valence-electron chi connectivity index (χ0n) is 20.7. The summed E-state index contributed by atoms with van der Waals surface area (Å²) < 4.78 is 40.5. The van der Waals surface area contributed by atoms with Crippen LogP contribution in [0.1, 0.15) is 48.3 Å². The second-order valence-corrected chi connectivity index (χ2v) is 11.2. The van der Waals surface area contributed by atoms with Crippen molar-refractivity contribution in [2.45, 2.75) is 51.7 Å². The first-order chi connectivity index (χ1) is 17.1. The molecular weight excluding hydrogens is 501 g/mol. The molecular formula is C28H32NNaO6S. The van der Waals surface area contributed by atoms with Gasteiger partial charge in [-0.2, -0.15) is 8.42 Å². The number of nitrogens with zero attached hydrogens (tertiary/aromatic N) is 1. The van der Waals surface area contributed by atoms with Crippen LogP contribution >= 0.6 is 0 Å². The van der Waals surface area contributed by atoms with Crippen molar-refractivity contribution >= 4 is 57.3 Å². The summed E-state index contributed by atoms with van der Waals surface area (Å²) in [7, 11) is -3.94. The fourth-order valence-electron chi connectivity index (χ4n) is 4.27. The minimum atomic E-state index is -3.94. The Hall–Kier alpha value is -2.52. The van der Waals surface area contributed by atoms with Crippen molar-refractivity contribution in [2.75, 3.05) is 10.8 Å². The van der Waals surface area contributed by atoms with E-state index in [-0.39, 0.29) is 53.7 Å². The van der Waals surface area contributed by atoms with E-state index in [9.17, 15) is 13.2 Å². The fraction of sp³-hybridized carbons (Fsp3) is 0.321. The third-order valence-electron chi connectivity index (χ3n) is 6.03. The number of hydrogen-bond acceptors (Lipinski definition) is 5. The molecule has 1 aliphatic carbocycles. The van der Waals surface area contributed by atoms with Gasteiger partial charge in [-0.3, -0.25) is 4.31 Å². The molecule has 1 heterocycles. The quantitative estimate of drug-likeness (QED) is 0.292. The van der Waals surface area contributed by atoms with E-state index in [1.54, 1.807) is 13.0 Å². The van der Waals surface area contributed by atoms with Crippen LogP contribution in [0.5, 0.6) is 5.75 Å². The van der Waals surface area contributed by atoms with Gasteiger partial charge in [-0.1, -0.05) is 38.1 Å². The van der Waals surface area contributed by atoms with E-state index in [0.717, 1.165) is 42.0 Å². The summed E-state index contributed by atoms with van der Waals surface area (Å²) in [6, 6.07) is 14.4. The number of carboxylic acids is 1. The Kier molecular flexibility index (Phi) is 9.69. The Bertz CT molecular complexity index is 1380. The standard InChI is InChI=1S/C28H31NO6S.Na.H/c1-19(2)17-29(36(32,33)28-14-7-20(3)35-28)25-15-23-5-4-6-24(23)16-26(25)34-18-22-10-8-21(9-11-22)12-13-27(30)31;;/h7-16,19H,4-6,17-18H2,1-3H3,(H,30,31);;. The summed E-state index contributed by atoms with van der Waals surface area (Å²) in [5.74, 6) is 0.114. The van der Waals surface area contributed by atoms with Gasteiger partial charge in [-0.15, -0.1) is 0 Å². The van der Waals surface area contributed by atoms with Gasteiger partial charge in [0.1, 0.15) is 18.1 Å². The van der Waals surface area contributed by atoms with E-state index in [4.69, 9.17) is 14.3 Å². The predicted octanol–water partition coefficient (Wildman–Crippen LogP) is 4.96. The molecule has 0 bridgehead atoms. The van der Waals surface area contributed by atoms with Gasteiger partial charge >= 0.3 is 35.5 Å². The number of hydrogen-bond donors (Lipinski definition) is 1. The molecule has 4 rings (SSSR count). The van der Waals surface area contributed by atoms with Crippen molar-refractivity contribution in [3.05, 3.63) is 82.6 Å². The molecule has 7 nitrogen and oxygen atoms in total. The zero-order valence-corrected chi connectivity index (χ0v) is 21.5. The SMILES string of the molecule is Cc1ccc(S(=O)(=O)N(CC(C)C)c2cc3c(cc2OCc2ccc(C=CC(=O)O)cc2)CCC3)o1.[NaH]. The van der Waals surface area contributed by atoms with Gasteiger partial charge < -0.3 is 14.3 Å². The number of rotatable bonds is 10. The molecule has 1 N–H and O–H groups in total. The molecule has 0 amide bonds. The molecule has 192 valence electrons. The van der Waals surface area contributed by atoms with E-state index in [2.05, 4.69) is 0 Å². The Morgan fingerprint density at radius 2 is 1.78 bits per heavy atom. The maximum atomic E-state index is 13.7. The summed E-state index contributed by atoms with van der Waals surface area (Å²) in [5, 5.41) is 8.72. The number of carbonyl (C=O) groups is 1. The molecule has 0 saturated heterocycles. The Morgan fingerprint density at radius 3 is 2.38 bits per heavy atom. The Balaban J connectivity index is 0.00000380. The van der Waals surface area contributed by atoms with Crippen LogP contribution in [0.25, 0.3) is 6.08 Å². The van der Waals surface area contributed by atoms with Crippen LogP contribution < -0.4 is 9.04 Å². The van der Waals surface area contributed by atoms with Crippen LogP contribution in [-0.4, -0.2) is 55.6 Å². The predicted molar refractivity (Wildman–Crippen MR) is 146 cm³/mol. The number of aryl methyl sites for hydroxylation is 3. The van der Waals surface area contributed by atoms with Crippen molar-refractivity contribution in [2.24, 2.45) is 5.92 Å². The van der Waals surface area contributed by atoms with Crippen LogP contribution in [0, 0.1) is 12.8 Å². The summed E-state index contributed by atoms with van der Waals surface area (Å²) in [5.41, 5.74) is 4.49. The molecule has 1 aliphatic rings. The van der Waals surface area contributed by atoms with Crippen LogP contribution in [0.2, 0.25) is 0 Å². The molecule has 0 fully saturated rings. The second kappa shape index (κ2) is 12.3. The summed E-state index contributed by atoms with van der Waals surface area (Å²) in [6.07, 6.45) is 5.48. The molecule has 0 spiro atoms. The average Bonchev–Trinajstić information content (AvgIpc) is 3.48. The number of aliphatic carboxylic acids is 1. The molecule has 0 radical (unpaired) electrons. The van der Waals surface area contributed by atoms with Gasteiger partial charge in [0, 0.05) is 12.6 Å². The molecule has 3 aromatic rings. The number of ether oxygens (including phenoxy) is 1. The van der Waals surface area contributed by atoms with E-state index in [1.807, 2.05) is 50.2 Å². The van der Waals surface area contributed by atoms with Gasteiger partial charge in [-0.05, 0) is 84.7 Å². The van der Waals surface area contributed by atoms with E-state index >= 15 is 0 Å². The van der Waals surface area contributed by atoms with Gasteiger partial charge in [-0.25, -0.2) is 4.79 Å². The van der Waals surface area contributed by atoms with Crippen molar-refractivity contribution < 1.29 is 27.5 Å². The van der Waals surface area contributed by atoms with E-state index in [0.29, 0.717) is 17.2 Å².